The Balaban J connectivity index is 1.50. The highest BCUT2D eigenvalue weighted by Gasteiger charge is 2.37. The van der Waals surface area contributed by atoms with Crippen LogP contribution < -0.4 is 25.0 Å². The maximum Gasteiger partial charge on any atom is 0.335 e. The number of halogens is 1. The second-order valence-corrected chi connectivity index (χ2v) is 7.99. The molecule has 1 aliphatic heterocycles. The average Bonchev–Trinajstić information content (AvgIpc) is 2.91. The highest BCUT2D eigenvalue weighted by Crippen LogP contribution is 2.30. The van der Waals surface area contributed by atoms with E-state index in [0.717, 1.165) is 12.1 Å². The van der Waals surface area contributed by atoms with Crippen molar-refractivity contribution in [3.63, 3.8) is 0 Å². The van der Waals surface area contributed by atoms with Crippen molar-refractivity contribution in [3.05, 3.63) is 93.8 Å². The van der Waals surface area contributed by atoms with Crippen LogP contribution in [0.5, 0.6) is 11.5 Å². The van der Waals surface area contributed by atoms with Gasteiger partial charge >= 0.3 is 6.03 Å². The minimum Gasteiger partial charge on any atom is -0.493 e. The molecule has 0 unspecified atom stereocenters. The molecule has 0 saturated carbocycles. The van der Waals surface area contributed by atoms with Crippen LogP contribution >= 0.6 is 0 Å². The Morgan fingerprint density at radius 2 is 1.74 bits per heavy atom. The van der Waals surface area contributed by atoms with Crippen molar-refractivity contribution in [2.45, 2.75) is 0 Å². The first-order valence-electron chi connectivity index (χ1n) is 11.2. The normalized spacial score (nSPS) is 14.2. The van der Waals surface area contributed by atoms with Crippen LogP contribution in [-0.4, -0.2) is 42.4 Å². The van der Waals surface area contributed by atoms with Crippen LogP contribution in [0.2, 0.25) is 0 Å². The molecule has 3 aromatic carbocycles. The van der Waals surface area contributed by atoms with Crippen LogP contribution in [0.1, 0.15) is 5.56 Å². The number of nitrogens with zero attached hydrogens (tertiary/aromatic N) is 2. The number of imide groups is 2. The first kappa shape index (κ1) is 26.5. The average molecular weight is 534 g/mol. The monoisotopic (exact) mass is 534 g/mol. The lowest BCUT2D eigenvalue weighted by Gasteiger charge is -2.26. The fourth-order valence-corrected chi connectivity index (χ4v) is 3.55. The van der Waals surface area contributed by atoms with Gasteiger partial charge in [0.15, 0.2) is 18.1 Å². The predicted octanol–water partition coefficient (Wildman–Crippen LogP) is 3.43. The van der Waals surface area contributed by atoms with Gasteiger partial charge in [-0.3, -0.25) is 29.8 Å². The molecular weight excluding hydrogens is 515 g/mol. The van der Waals surface area contributed by atoms with E-state index in [0.29, 0.717) is 16.2 Å². The van der Waals surface area contributed by atoms with Crippen molar-refractivity contribution in [2.24, 2.45) is 0 Å². The summed E-state index contributed by atoms with van der Waals surface area (Å²) in [6.07, 6.45) is 1.23. The van der Waals surface area contributed by atoms with Crippen LogP contribution in [0, 0.1) is 15.9 Å². The van der Waals surface area contributed by atoms with E-state index >= 15 is 0 Å². The molecule has 1 fully saturated rings. The van der Waals surface area contributed by atoms with E-state index in [2.05, 4.69) is 10.6 Å². The maximum absolute atomic E-state index is 13.1. The molecule has 0 bridgehead atoms. The van der Waals surface area contributed by atoms with Crippen LogP contribution in [0.25, 0.3) is 6.08 Å². The van der Waals surface area contributed by atoms with Crippen molar-refractivity contribution in [3.8, 4) is 11.5 Å². The Labute approximate surface area is 219 Å². The van der Waals surface area contributed by atoms with Crippen molar-refractivity contribution in [1.29, 1.82) is 0 Å². The van der Waals surface area contributed by atoms with Gasteiger partial charge in [0.05, 0.1) is 17.7 Å². The molecule has 1 aliphatic rings. The minimum absolute atomic E-state index is 0.0294. The summed E-state index contributed by atoms with van der Waals surface area (Å²) in [7, 11) is 1.35. The number of amides is 5. The zero-order valence-corrected chi connectivity index (χ0v) is 20.2. The molecule has 39 heavy (non-hydrogen) atoms. The highest BCUT2D eigenvalue weighted by molar-refractivity contribution is 6.39. The third-order valence-electron chi connectivity index (χ3n) is 5.41. The second kappa shape index (κ2) is 11.2. The molecule has 0 spiro atoms. The molecule has 1 saturated heterocycles. The minimum atomic E-state index is -1.00. The number of hydrogen-bond donors (Lipinski definition) is 2. The number of carbonyl (C=O) groups excluding carboxylic acids is 4. The molecule has 0 radical (unpaired) electrons. The van der Waals surface area contributed by atoms with Gasteiger partial charge in [-0.1, -0.05) is 6.07 Å². The first-order valence-corrected chi connectivity index (χ1v) is 11.2. The number of barbiturate groups is 1. The summed E-state index contributed by atoms with van der Waals surface area (Å²) in [4.78, 5) is 61.0. The molecule has 0 aliphatic carbocycles. The Hall–Kier alpha value is -5.59. The van der Waals surface area contributed by atoms with Crippen LogP contribution in [0.3, 0.4) is 0 Å². The fraction of sp³-hybridized carbons (Fsp3) is 0.0769. The number of hydrogen-bond acceptors (Lipinski definition) is 8. The number of nitro groups is 1. The number of non-ortho nitro benzene ring substituents is 1. The SMILES string of the molecule is COc1cc(/C=C2/C(=O)NC(=O)N(c3ccc([N+](=O)[O-])cc3)C2=O)ccc1OCC(=O)Nc1ccc(F)cc1. The topological polar surface area (TPSA) is 157 Å². The molecule has 1 heterocycles. The van der Waals surface area contributed by atoms with Crippen molar-refractivity contribution in [2.75, 3.05) is 23.9 Å². The molecule has 13 heteroatoms. The number of nitro benzene ring substituents is 1. The van der Waals surface area contributed by atoms with E-state index in [9.17, 15) is 33.7 Å². The number of nitrogens with one attached hydrogen (secondary N) is 2. The van der Waals surface area contributed by atoms with Gasteiger partial charge in [-0.15, -0.1) is 0 Å². The third kappa shape index (κ3) is 6.05. The van der Waals surface area contributed by atoms with Crippen LogP contribution in [-0.2, 0) is 14.4 Å². The summed E-state index contributed by atoms with van der Waals surface area (Å²) in [5, 5.41) is 15.5. The quantitative estimate of drug-likeness (QED) is 0.193. The Morgan fingerprint density at radius 1 is 1.05 bits per heavy atom. The summed E-state index contributed by atoms with van der Waals surface area (Å²) < 4.78 is 23.8. The molecule has 0 atom stereocenters. The fourth-order valence-electron chi connectivity index (χ4n) is 3.55. The van der Waals surface area contributed by atoms with Crippen LogP contribution in [0.4, 0.5) is 26.2 Å². The number of urea groups is 1. The Morgan fingerprint density at radius 3 is 2.38 bits per heavy atom. The Bertz CT molecular complexity index is 1500. The van der Waals surface area contributed by atoms with E-state index in [4.69, 9.17) is 9.47 Å². The van der Waals surface area contributed by atoms with E-state index in [1.165, 1.54) is 67.8 Å². The van der Waals surface area contributed by atoms with Gasteiger partial charge in [-0.05, 0) is 60.2 Å². The van der Waals surface area contributed by atoms with Gasteiger partial charge in [0.1, 0.15) is 11.4 Å². The maximum atomic E-state index is 13.1. The smallest absolute Gasteiger partial charge is 0.335 e. The first-order chi connectivity index (χ1) is 18.7. The zero-order valence-electron chi connectivity index (χ0n) is 20.2. The van der Waals surface area contributed by atoms with E-state index in [-0.39, 0.29) is 35.1 Å². The largest absolute Gasteiger partial charge is 0.493 e. The van der Waals surface area contributed by atoms with Crippen molar-refractivity contribution >= 4 is 46.9 Å². The van der Waals surface area contributed by atoms with Gasteiger partial charge in [0.2, 0.25) is 0 Å². The number of rotatable bonds is 8. The number of ether oxygens (including phenoxy) is 2. The van der Waals surface area contributed by atoms with Crippen molar-refractivity contribution in [1.82, 2.24) is 5.32 Å². The van der Waals surface area contributed by atoms with E-state index < -0.39 is 34.5 Å². The number of carbonyl (C=O) groups is 4. The summed E-state index contributed by atoms with van der Waals surface area (Å²) in [6, 6.07) is 13.3. The van der Waals surface area contributed by atoms with Gasteiger partial charge in [-0.2, -0.15) is 0 Å². The zero-order chi connectivity index (χ0) is 28.1. The summed E-state index contributed by atoms with van der Waals surface area (Å²) in [5.41, 5.74) is 0.143. The molecule has 3 aromatic rings. The predicted molar refractivity (Wildman–Crippen MR) is 136 cm³/mol. The summed E-state index contributed by atoms with van der Waals surface area (Å²) >= 11 is 0. The second-order valence-electron chi connectivity index (χ2n) is 7.99. The van der Waals surface area contributed by atoms with E-state index in [1.807, 2.05) is 0 Å². The third-order valence-corrected chi connectivity index (χ3v) is 5.41. The number of benzene rings is 3. The summed E-state index contributed by atoms with van der Waals surface area (Å²) in [6.45, 7) is -0.388. The molecular formula is C26H19FN4O8. The lowest BCUT2D eigenvalue weighted by atomic mass is 10.1. The number of anilines is 2. The van der Waals surface area contributed by atoms with Gasteiger partial charge in [0.25, 0.3) is 23.4 Å². The molecule has 12 nitrogen and oxygen atoms in total. The molecule has 0 aromatic heterocycles. The molecule has 198 valence electrons. The highest BCUT2D eigenvalue weighted by atomic mass is 19.1. The lowest BCUT2D eigenvalue weighted by molar-refractivity contribution is -0.384. The lowest BCUT2D eigenvalue weighted by Crippen LogP contribution is -2.54. The van der Waals surface area contributed by atoms with Crippen molar-refractivity contribution < 1.29 is 38.0 Å². The number of methoxy groups -OCH3 is 1. The van der Waals surface area contributed by atoms with Gasteiger partial charge < -0.3 is 14.8 Å². The van der Waals surface area contributed by atoms with Crippen LogP contribution in [0.15, 0.2) is 72.3 Å². The molecule has 2 N–H and O–H groups in total. The molecule has 5 amide bonds. The van der Waals surface area contributed by atoms with Gasteiger partial charge in [0, 0.05) is 17.8 Å². The van der Waals surface area contributed by atoms with E-state index in [1.54, 1.807) is 0 Å². The Kier molecular flexibility index (Phi) is 7.61. The van der Waals surface area contributed by atoms with Gasteiger partial charge in [-0.25, -0.2) is 14.1 Å². The molecule has 4 rings (SSSR count). The standard InChI is InChI=1S/C26H19FN4O8/c1-38-22-13-15(2-11-21(22)39-14-23(32)28-17-5-3-16(27)4-6-17)12-20-24(33)29-26(35)30(25(20)34)18-7-9-19(10-8-18)31(36)37/h2-13H,14H2,1H3,(H,28,32)(H,29,33,35)/b20-12-. The summed E-state index contributed by atoms with van der Waals surface area (Å²) in [5.74, 6) is -2.44.